The molecule has 0 radical (unpaired) electrons. The Bertz CT molecular complexity index is 1250. The smallest absolute Gasteiger partial charge is 0.264 e. The summed E-state index contributed by atoms with van der Waals surface area (Å²) in [6.45, 7) is 3.28. The molecule has 2 aromatic carbocycles. The number of benzene rings is 2. The van der Waals surface area contributed by atoms with Crippen LogP contribution in [0.4, 0.5) is 0 Å². The molecule has 1 aromatic heterocycles. The van der Waals surface area contributed by atoms with E-state index in [1.165, 1.54) is 6.07 Å². The number of methoxy groups -OCH3 is 1. The van der Waals surface area contributed by atoms with Gasteiger partial charge in [0, 0.05) is 11.6 Å². The Morgan fingerprint density at radius 1 is 1.16 bits per heavy atom. The summed E-state index contributed by atoms with van der Waals surface area (Å²) in [5, 5.41) is 3.76. The SMILES string of the molecule is COc1ccc(C)c(CC2(C(=O)NS(=O)(=O)c3cccc4ncccc34)CCNCC2)c1. The zero-order valence-electron chi connectivity index (χ0n) is 18.2. The number of carbonyl (C=O) groups is 1. The molecule has 2 heterocycles. The second-order valence-electron chi connectivity index (χ2n) is 8.26. The number of aryl methyl sites for hydroxylation is 1. The number of aromatic nitrogens is 1. The molecule has 4 rings (SSSR count). The molecular weight excluding hydrogens is 426 g/mol. The first-order chi connectivity index (χ1) is 15.3. The lowest BCUT2D eigenvalue weighted by atomic mass is 9.73. The van der Waals surface area contributed by atoms with Crippen LogP contribution in [-0.2, 0) is 21.2 Å². The topological polar surface area (TPSA) is 97.4 Å². The number of sulfonamides is 1. The van der Waals surface area contributed by atoms with Gasteiger partial charge in [-0.1, -0.05) is 12.1 Å². The third kappa shape index (κ3) is 4.33. The van der Waals surface area contributed by atoms with Crippen LogP contribution in [0, 0.1) is 12.3 Å². The predicted octanol–water partition coefficient (Wildman–Crippen LogP) is 2.97. The van der Waals surface area contributed by atoms with Crippen LogP contribution in [0.5, 0.6) is 5.75 Å². The van der Waals surface area contributed by atoms with Crippen LogP contribution < -0.4 is 14.8 Å². The molecule has 0 unspecified atom stereocenters. The molecule has 168 valence electrons. The van der Waals surface area contributed by atoms with Crippen molar-refractivity contribution in [3.05, 3.63) is 65.9 Å². The van der Waals surface area contributed by atoms with E-state index in [1.807, 2.05) is 25.1 Å². The Morgan fingerprint density at radius 2 is 1.94 bits per heavy atom. The highest BCUT2D eigenvalue weighted by Gasteiger charge is 2.42. The number of nitrogens with one attached hydrogen (secondary N) is 2. The molecule has 1 aliphatic rings. The van der Waals surface area contributed by atoms with Crippen molar-refractivity contribution in [2.24, 2.45) is 5.41 Å². The summed E-state index contributed by atoms with van der Waals surface area (Å²) in [6, 6.07) is 14.0. The minimum absolute atomic E-state index is 0.0538. The van der Waals surface area contributed by atoms with Crippen molar-refractivity contribution in [2.45, 2.75) is 31.1 Å². The summed E-state index contributed by atoms with van der Waals surface area (Å²) < 4.78 is 34.3. The fraction of sp³-hybridized carbons (Fsp3) is 0.333. The first kappa shape index (κ1) is 22.2. The van der Waals surface area contributed by atoms with E-state index in [2.05, 4.69) is 15.0 Å². The van der Waals surface area contributed by atoms with Crippen LogP contribution in [0.15, 0.2) is 59.6 Å². The molecule has 0 aliphatic carbocycles. The van der Waals surface area contributed by atoms with Crippen LogP contribution in [0.2, 0.25) is 0 Å². The molecule has 0 spiro atoms. The Morgan fingerprint density at radius 3 is 2.69 bits per heavy atom. The third-order valence-corrected chi connectivity index (χ3v) is 7.64. The highest BCUT2D eigenvalue weighted by Crippen LogP contribution is 2.36. The van der Waals surface area contributed by atoms with Crippen molar-refractivity contribution in [1.82, 2.24) is 15.0 Å². The van der Waals surface area contributed by atoms with Crippen LogP contribution in [-0.4, -0.2) is 39.5 Å². The number of nitrogens with zero attached hydrogens (tertiary/aromatic N) is 1. The van der Waals surface area contributed by atoms with E-state index >= 15 is 0 Å². The molecule has 8 heteroatoms. The number of fused-ring (bicyclic) bond motifs is 1. The second-order valence-corrected chi connectivity index (χ2v) is 9.91. The largest absolute Gasteiger partial charge is 0.497 e. The number of ether oxygens (including phenoxy) is 1. The molecule has 32 heavy (non-hydrogen) atoms. The first-order valence-electron chi connectivity index (χ1n) is 10.6. The van der Waals surface area contributed by atoms with E-state index in [1.54, 1.807) is 37.6 Å². The van der Waals surface area contributed by atoms with Crippen molar-refractivity contribution < 1.29 is 17.9 Å². The van der Waals surface area contributed by atoms with Gasteiger partial charge in [0.2, 0.25) is 5.91 Å². The maximum absolute atomic E-state index is 13.6. The summed E-state index contributed by atoms with van der Waals surface area (Å²) in [5.74, 6) is 0.244. The number of piperidine rings is 1. The summed E-state index contributed by atoms with van der Waals surface area (Å²) >= 11 is 0. The van der Waals surface area contributed by atoms with Gasteiger partial charge in [-0.2, -0.15) is 0 Å². The molecule has 0 bridgehead atoms. The zero-order chi connectivity index (χ0) is 22.8. The number of amides is 1. The summed E-state index contributed by atoms with van der Waals surface area (Å²) in [5.41, 5.74) is 1.75. The average molecular weight is 454 g/mol. The predicted molar refractivity (Wildman–Crippen MR) is 123 cm³/mol. The lowest BCUT2D eigenvalue weighted by Crippen LogP contribution is -2.50. The zero-order valence-corrected chi connectivity index (χ0v) is 19.0. The Balaban J connectivity index is 1.68. The van der Waals surface area contributed by atoms with Gasteiger partial charge >= 0.3 is 0 Å². The first-order valence-corrected chi connectivity index (χ1v) is 12.1. The van der Waals surface area contributed by atoms with Gasteiger partial charge in [0.05, 0.1) is 22.9 Å². The quantitative estimate of drug-likeness (QED) is 0.596. The maximum Gasteiger partial charge on any atom is 0.264 e. The molecule has 7 nitrogen and oxygen atoms in total. The maximum atomic E-state index is 13.6. The number of carbonyl (C=O) groups excluding carboxylic acids is 1. The van der Waals surface area contributed by atoms with Gasteiger partial charge in [-0.25, -0.2) is 13.1 Å². The highest BCUT2D eigenvalue weighted by molar-refractivity contribution is 7.90. The lowest BCUT2D eigenvalue weighted by Gasteiger charge is -2.36. The van der Waals surface area contributed by atoms with Crippen LogP contribution >= 0.6 is 0 Å². The summed E-state index contributed by atoms with van der Waals surface area (Å²) in [4.78, 5) is 17.8. The standard InChI is InChI=1S/C24H27N3O4S/c1-17-8-9-19(31-2)15-18(17)16-24(10-13-25-14-11-24)23(28)27-32(29,30)22-7-3-6-21-20(22)5-4-12-26-21/h3-9,12,15,25H,10-11,13-14,16H2,1-2H3,(H,27,28). The fourth-order valence-electron chi connectivity index (χ4n) is 4.31. The highest BCUT2D eigenvalue weighted by atomic mass is 32.2. The molecule has 3 aromatic rings. The van der Waals surface area contributed by atoms with Crippen molar-refractivity contribution in [3.8, 4) is 5.75 Å². The lowest BCUT2D eigenvalue weighted by molar-refractivity contribution is -0.130. The van der Waals surface area contributed by atoms with Crippen molar-refractivity contribution in [1.29, 1.82) is 0 Å². The van der Waals surface area contributed by atoms with E-state index in [-0.39, 0.29) is 4.90 Å². The normalized spacial score (nSPS) is 15.9. The number of pyridine rings is 1. The average Bonchev–Trinajstić information content (AvgIpc) is 2.80. The minimum atomic E-state index is -4.07. The molecule has 2 N–H and O–H groups in total. The molecule has 1 saturated heterocycles. The monoisotopic (exact) mass is 453 g/mol. The molecule has 1 fully saturated rings. The Labute approximate surface area is 188 Å². The van der Waals surface area contributed by atoms with Gasteiger partial charge in [-0.05, 0) is 86.8 Å². The second kappa shape index (κ2) is 8.88. The van der Waals surface area contributed by atoms with E-state index in [0.29, 0.717) is 49.0 Å². The molecular formula is C24H27N3O4S. The number of hydrogen-bond donors (Lipinski definition) is 2. The van der Waals surface area contributed by atoms with Crippen LogP contribution in [0.3, 0.4) is 0 Å². The van der Waals surface area contributed by atoms with Gasteiger partial charge in [0.1, 0.15) is 5.75 Å². The van der Waals surface area contributed by atoms with Crippen molar-refractivity contribution in [3.63, 3.8) is 0 Å². The molecule has 1 aliphatic heterocycles. The van der Waals surface area contributed by atoms with Gasteiger partial charge in [0.25, 0.3) is 10.0 Å². The van der Waals surface area contributed by atoms with Crippen LogP contribution in [0.25, 0.3) is 10.9 Å². The van der Waals surface area contributed by atoms with Gasteiger partial charge in [0.15, 0.2) is 0 Å². The summed E-state index contributed by atoms with van der Waals surface area (Å²) in [6.07, 6.45) is 3.14. The molecule has 0 saturated carbocycles. The third-order valence-electron chi connectivity index (χ3n) is 6.25. The van der Waals surface area contributed by atoms with E-state index in [0.717, 1.165) is 11.1 Å². The van der Waals surface area contributed by atoms with Gasteiger partial charge in [-0.3, -0.25) is 9.78 Å². The van der Waals surface area contributed by atoms with Crippen molar-refractivity contribution >= 4 is 26.8 Å². The number of rotatable bonds is 6. The van der Waals surface area contributed by atoms with Crippen molar-refractivity contribution in [2.75, 3.05) is 20.2 Å². The summed E-state index contributed by atoms with van der Waals surface area (Å²) in [7, 11) is -2.47. The minimum Gasteiger partial charge on any atom is -0.497 e. The Kier molecular flexibility index (Phi) is 6.17. The Hall–Kier alpha value is -2.97. The molecule has 0 atom stereocenters. The van der Waals surface area contributed by atoms with Gasteiger partial charge in [-0.15, -0.1) is 0 Å². The van der Waals surface area contributed by atoms with E-state index in [4.69, 9.17) is 4.74 Å². The fourth-order valence-corrected chi connectivity index (χ4v) is 5.60. The molecule has 1 amide bonds. The van der Waals surface area contributed by atoms with Crippen LogP contribution in [0.1, 0.15) is 24.0 Å². The van der Waals surface area contributed by atoms with E-state index in [9.17, 15) is 13.2 Å². The van der Waals surface area contributed by atoms with Gasteiger partial charge < -0.3 is 10.1 Å². The number of hydrogen-bond acceptors (Lipinski definition) is 6. The van der Waals surface area contributed by atoms with E-state index < -0.39 is 21.3 Å².